The van der Waals surface area contributed by atoms with Crippen LogP contribution in [-0.4, -0.2) is 71.2 Å². The zero-order chi connectivity index (χ0) is 16.7. The lowest BCUT2D eigenvalue weighted by Crippen LogP contribution is -2.54. The van der Waals surface area contributed by atoms with Crippen LogP contribution in [0.5, 0.6) is 0 Å². The zero-order valence-corrected chi connectivity index (χ0v) is 12.8. The minimum Gasteiger partial charge on any atom is -0.480 e. The van der Waals surface area contributed by atoms with Gasteiger partial charge in [0.05, 0.1) is 6.54 Å². The second-order valence-electron chi connectivity index (χ2n) is 4.80. The number of thiol groups is 1. The topological polar surface area (TPSA) is 142 Å². The molecule has 1 aliphatic rings. The summed E-state index contributed by atoms with van der Waals surface area (Å²) in [4.78, 5) is 47.4. The van der Waals surface area contributed by atoms with Gasteiger partial charge in [-0.2, -0.15) is 12.6 Å². The van der Waals surface area contributed by atoms with Crippen molar-refractivity contribution >= 4 is 36.3 Å². The second kappa shape index (κ2) is 8.59. The van der Waals surface area contributed by atoms with Gasteiger partial charge in [-0.15, -0.1) is 0 Å². The van der Waals surface area contributed by atoms with Gasteiger partial charge in [0, 0.05) is 12.3 Å². The summed E-state index contributed by atoms with van der Waals surface area (Å²) < 4.78 is 0. The first-order chi connectivity index (χ1) is 10.4. The Bertz CT molecular complexity index is 459. The van der Waals surface area contributed by atoms with E-state index in [-0.39, 0.29) is 18.2 Å². The van der Waals surface area contributed by atoms with Crippen LogP contribution in [-0.2, 0) is 19.2 Å². The molecular weight excluding hydrogens is 312 g/mol. The van der Waals surface area contributed by atoms with Gasteiger partial charge in [0.15, 0.2) is 0 Å². The highest BCUT2D eigenvalue weighted by molar-refractivity contribution is 7.80. The number of nitrogens with one attached hydrogen (secondary N) is 2. The summed E-state index contributed by atoms with van der Waals surface area (Å²) >= 11 is 3.97. The van der Waals surface area contributed by atoms with Crippen LogP contribution in [0.4, 0.5) is 0 Å². The van der Waals surface area contributed by atoms with Gasteiger partial charge >= 0.3 is 5.97 Å². The van der Waals surface area contributed by atoms with Crippen LogP contribution in [0.1, 0.15) is 12.8 Å². The molecule has 0 radical (unpaired) electrons. The van der Waals surface area contributed by atoms with Crippen molar-refractivity contribution in [2.75, 3.05) is 25.4 Å². The van der Waals surface area contributed by atoms with E-state index in [1.807, 2.05) is 0 Å². The van der Waals surface area contributed by atoms with Crippen LogP contribution in [0.25, 0.3) is 0 Å². The Labute approximate surface area is 133 Å². The molecule has 0 aliphatic carbocycles. The smallest absolute Gasteiger partial charge is 0.322 e. The normalized spacial score (nSPS) is 18.6. The predicted molar refractivity (Wildman–Crippen MR) is 80.2 cm³/mol. The van der Waals surface area contributed by atoms with Crippen LogP contribution < -0.4 is 16.4 Å². The van der Waals surface area contributed by atoms with Crippen molar-refractivity contribution in [3.8, 4) is 0 Å². The molecule has 5 N–H and O–H groups in total. The SMILES string of the molecule is NCC(=O)N1CCC[C@H]1C(=O)N[C@@H](CS)C(=O)NCC(=O)O. The van der Waals surface area contributed by atoms with Gasteiger partial charge in [-0.1, -0.05) is 0 Å². The van der Waals surface area contributed by atoms with E-state index < -0.39 is 36.4 Å². The first kappa shape index (κ1) is 18.2. The average molecular weight is 332 g/mol. The first-order valence-electron chi connectivity index (χ1n) is 6.81. The Morgan fingerprint density at radius 1 is 1.36 bits per heavy atom. The average Bonchev–Trinajstić information content (AvgIpc) is 2.98. The summed E-state index contributed by atoms with van der Waals surface area (Å²) in [6, 6.07) is -1.63. The van der Waals surface area contributed by atoms with Crippen LogP contribution in [0.15, 0.2) is 0 Å². The van der Waals surface area contributed by atoms with E-state index in [0.29, 0.717) is 19.4 Å². The van der Waals surface area contributed by atoms with E-state index in [1.54, 1.807) is 0 Å². The molecule has 10 heteroatoms. The number of hydrogen-bond acceptors (Lipinski definition) is 6. The van der Waals surface area contributed by atoms with Gasteiger partial charge in [-0.3, -0.25) is 19.2 Å². The molecule has 0 saturated carbocycles. The van der Waals surface area contributed by atoms with Gasteiger partial charge in [0.1, 0.15) is 18.6 Å². The molecule has 0 aromatic heterocycles. The lowest BCUT2D eigenvalue weighted by molar-refractivity contribution is -0.139. The number of carbonyl (C=O) groups excluding carboxylic acids is 3. The molecule has 1 heterocycles. The molecule has 0 unspecified atom stereocenters. The largest absolute Gasteiger partial charge is 0.480 e. The Balaban J connectivity index is 2.62. The molecule has 22 heavy (non-hydrogen) atoms. The number of nitrogens with two attached hydrogens (primary N) is 1. The quantitative estimate of drug-likeness (QED) is 0.328. The lowest BCUT2D eigenvalue weighted by atomic mass is 10.2. The van der Waals surface area contributed by atoms with Crippen LogP contribution in [0.3, 0.4) is 0 Å². The number of carboxylic acid groups (broad SMARTS) is 1. The van der Waals surface area contributed by atoms with Crippen LogP contribution in [0.2, 0.25) is 0 Å². The lowest BCUT2D eigenvalue weighted by Gasteiger charge is -2.25. The number of carboxylic acids is 1. The Morgan fingerprint density at radius 2 is 2.05 bits per heavy atom. The number of carbonyl (C=O) groups is 4. The van der Waals surface area contributed by atoms with E-state index in [1.165, 1.54) is 4.90 Å². The number of rotatable bonds is 7. The van der Waals surface area contributed by atoms with E-state index in [9.17, 15) is 19.2 Å². The van der Waals surface area contributed by atoms with E-state index >= 15 is 0 Å². The fourth-order valence-electron chi connectivity index (χ4n) is 2.20. The highest BCUT2D eigenvalue weighted by atomic mass is 32.1. The molecule has 1 aliphatic heterocycles. The summed E-state index contributed by atoms with van der Waals surface area (Å²) in [7, 11) is 0. The number of hydrogen-bond donors (Lipinski definition) is 5. The predicted octanol–water partition coefficient (Wildman–Crippen LogP) is -2.45. The van der Waals surface area contributed by atoms with Crippen molar-refractivity contribution in [3.05, 3.63) is 0 Å². The van der Waals surface area contributed by atoms with Crippen molar-refractivity contribution in [1.29, 1.82) is 0 Å². The summed E-state index contributed by atoms with van der Waals surface area (Å²) in [5.74, 6) is -2.61. The molecule has 1 fully saturated rings. The fraction of sp³-hybridized carbons (Fsp3) is 0.667. The zero-order valence-electron chi connectivity index (χ0n) is 11.9. The summed E-state index contributed by atoms with van der Waals surface area (Å²) in [6.45, 7) is -0.274. The van der Waals surface area contributed by atoms with Crippen molar-refractivity contribution in [2.24, 2.45) is 5.73 Å². The Hall–Kier alpha value is -1.81. The third-order valence-corrected chi connectivity index (χ3v) is 3.64. The van der Waals surface area contributed by atoms with Crippen molar-refractivity contribution < 1.29 is 24.3 Å². The molecule has 124 valence electrons. The second-order valence-corrected chi connectivity index (χ2v) is 5.17. The van der Waals surface area contributed by atoms with Crippen LogP contribution >= 0.6 is 12.6 Å². The third kappa shape index (κ3) is 4.88. The number of nitrogens with zero attached hydrogens (tertiary/aromatic N) is 1. The molecule has 2 atom stereocenters. The van der Waals surface area contributed by atoms with Crippen LogP contribution in [0, 0.1) is 0 Å². The standard InChI is InChI=1S/C12H20N4O5S/c13-4-9(17)16-3-1-2-8(16)12(21)15-7(6-22)11(20)14-5-10(18)19/h7-8,22H,1-6,13H2,(H,14,20)(H,15,21)(H,18,19)/t7-,8-/m0/s1. The summed E-state index contributed by atoms with van der Waals surface area (Å²) in [6.07, 6.45) is 1.17. The summed E-state index contributed by atoms with van der Waals surface area (Å²) in [5, 5.41) is 13.2. The first-order valence-corrected chi connectivity index (χ1v) is 7.44. The van der Waals surface area contributed by atoms with Gasteiger partial charge < -0.3 is 26.4 Å². The molecule has 3 amide bonds. The minimum absolute atomic E-state index is 0.00868. The maximum Gasteiger partial charge on any atom is 0.322 e. The summed E-state index contributed by atoms with van der Waals surface area (Å²) in [5.41, 5.74) is 5.30. The maximum atomic E-state index is 12.2. The molecule has 0 bridgehead atoms. The minimum atomic E-state index is -1.19. The van der Waals surface area contributed by atoms with E-state index in [0.717, 1.165) is 0 Å². The van der Waals surface area contributed by atoms with Gasteiger partial charge in [-0.05, 0) is 12.8 Å². The van der Waals surface area contributed by atoms with E-state index in [2.05, 4.69) is 23.3 Å². The molecular formula is C12H20N4O5S. The van der Waals surface area contributed by atoms with Crippen molar-refractivity contribution in [2.45, 2.75) is 24.9 Å². The van der Waals surface area contributed by atoms with Crippen molar-refractivity contribution in [1.82, 2.24) is 15.5 Å². The highest BCUT2D eigenvalue weighted by Crippen LogP contribution is 2.17. The molecule has 0 aromatic carbocycles. The number of amides is 3. The molecule has 0 aromatic rings. The highest BCUT2D eigenvalue weighted by Gasteiger charge is 2.35. The van der Waals surface area contributed by atoms with Crippen molar-refractivity contribution in [3.63, 3.8) is 0 Å². The monoisotopic (exact) mass is 332 g/mol. The van der Waals surface area contributed by atoms with Gasteiger partial charge in [0.2, 0.25) is 17.7 Å². The van der Waals surface area contributed by atoms with E-state index in [4.69, 9.17) is 10.8 Å². The fourth-order valence-corrected chi connectivity index (χ4v) is 2.46. The molecule has 0 spiro atoms. The third-order valence-electron chi connectivity index (χ3n) is 3.28. The maximum absolute atomic E-state index is 12.2. The van der Waals surface area contributed by atoms with Gasteiger partial charge in [0.25, 0.3) is 0 Å². The number of aliphatic carboxylic acids is 1. The number of likely N-dealkylation sites (tertiary alicyclic amines) is 1. The molecule has 9 nitrogen and oxygen atoms in total. The van der Waals surface area contributed by atoms with Gasteiger partial charge in [-0.25, -0.2) is 0 Å². The molecule has 1 rings (SSSR count). The molecule has 1 saturated heterocycles. The Kier molecular flexibility index (Phi) is 7.12. The Morgan fingerprint density at radius 3 is 2.59 bits per heavy atom.